The van der Waals surface area contributed by atoms with E-state index in [2.05, 4.69) is 0 Å². The van der Waals surface area contributed by atoms with Crippen molar-refractivity contribution in [2.24, 2.45) is 0 Å². The molecule has 3 rings (SSSR count). The van der Waals surface area contributed by atoms with Crippen molar-refractivity contribution < 1.29 is 35.0 Å². The molecule has 0 radical (unpaired) electrons. The number of phenolic OH excluding ortho intramolecular Hbond substituents is 1. The summed E-state index contributed by atoms with van der Waals surface area (Å²) in [6.07, 6.45) is -3.69. The van der Waals surface area contributed by atoms with Crippen molar-refractivity contribution in [1.82, 2.24) is 0 Å². The first-order valence-electron chi connectivity index (χ1n) is 9.40. The molecule has 0 unspecified atom stereocenters. The first-order chi connectivity index (χ1) is 14.3. The number of hydrogen-bond acceptors (Lipinski definition) is 8. The second-order valence-corrected chi connectivity index (χ2v) is 7.51. The molecular weight excluding hydrogens is 408 g/mol. The Morgan fingerprint density at radius 2 is 1.77 bits per heavy atom. The van der Waals surface area contributed by atoms with Gasteiger partial charge in [0.05, 0.1) is 17.0 Å². The van der Waals surface area contributed by atoms with E-state index in [1.54, 1.807) is 12.2 Å². The lowest BCUT2D eigenvalue weighted by atomic mass is 9.99. The molecule has 2 aromatic carbocycles. The number of phenols is 1. The fourth-order valence-corrected chi connectivity index (χ4v) is 3.36. The SMILES string of the molecule is Cc1ccc(C=CC(=S)c2c(O)cccc2O[C@@H]2O[C@H](CO)[C@@H](O)[C@H](O)[C@H]2O)cc1. The molecule has 0 aliphatic carbocycles. The molecule has 5 N–H and O–H groups in total. The van der Waals surface area contributed by atoms with Crippen LogP contribution in [0.4, 0.5) is 0 Å². The third-order valence-corrected chi connectivity index (χ3v) is 5.19. The molecule has 1 aliphatic rings. The van der Waals surface area contributed by atoms with Gasteiger partial charge in [-0.25, -0.2) is 0 Å². The molecule has 0 amide bonds. The molecule has 0 saturated carbocycles. The molecule has 0 bridgehead atoms. The third kappa shape index (κ3) is 4.86. The highest BCUT2D eigenvalue weighted by Gasteiger charge is 2.45. The summed E-state index contributed by atoms with van der Waals surface area (Å²) in [5.41, 5.74) is 2.27. The van der Waals surface area contributed by atoms with Gasteiger partial charge in [-0.1, -0.05) is 54.2 Å². The zero-order valence-corrected chi connectivity index (χ0v) is 17.1. The quantitative estimate of drug-likeness (QED) is 0.263. The summed E-state index contributed by atoms with van der Waals surface area (Å²) in [7, 11) is 0. The lowest BCUT2D eigenvalue weighted by molar-refractivity contribution is -0.277. The van der Waals surface area contributed by atoms with Gasteiger partial charge in [0, 0.05) is 0 Å². The van der Waals surface area contributed by atoms with Gasteiger partial charge in [-0.15, -0.1) is 0 Å². The number of aromatic hydroxyl groups is 1. The van der Waals surface area contributed by atoms with E-state index in [1.165, 1.54) is 18.2 Å². The maximum absolute atomic E-state index is 10.3. The molecule has 0 aromatic heterocycles. The van der Waals surface area contributed by atoms with Crippen molar-refractivity contribution in [1.29, 1.82) is 0 Å². The molecule has 5 atom stereocenters. The van der Waals surface area contributed by atoms with Crippen LogP contribution in [0.1, 0.15) is 16.7 Å². The Labute approximate surface area is 179 Å². The van der Waals surface area contributed by atoms with Gasteiger partial charge in [-0.05, 0) is 30.7 Å². The molecule has 2 aromatic rings. The first kappa shape index (κ1) is 22.4. The predicted molar refractivity (Wildman–Crippen MR) is 114 cm³/mol. The molecule has 8 heteroatoms. The number of thiocarbonyl (C=S) groups is 1. The Morgan fingerprint density at radius 1 is 1.07 bits per heavy atom. The molecule has 1 aliphatic heterocycles. The molecule has 160 valence electrons. The Hall–Kier alpha value is -2.33. The minimum Gasteiger partial charge on any atom is -0.507 e. The highest BCUT2D eigenvalue weighted by molar-refractivity contribution is 7.81. The van der Waals surface area contributed by atoms with Crippen LogP contribution in [0.5, 0.6) is 11.5 Å². The second-order valence-electron chi connectivity index (χ2n) is 7.07. The lowest BCUT2D eigenvalue weighted by Crippen LogP contribution is -2.60. The maximum atomic E-state index is 10.3. The van der Waals surface area contributed by atoms with E-state index in [0.29, 0.717) is 0 Å². The molecule has 1 heterocycles. The number of allylic oxidation sites excluding steroid dienone is 1. The topological polar surface area (TPSA) is 120 Å². The van der Waals surface area contributed by atoms with Crippen molar-refractivity contribution in [3.8, 4) is 11.5 Å². The smallest absolute Gasteiger partial charge is 0.229 e. The van der Waals surface area contributed by atoms with Crippen molar-refractivity contribution in [3.05, 3.63) is 65.2 Å². The van der Waals surface area contributed by atoms with Crippen LogP contribution in [0.25, 0.3) is 6.08 Å². The van der Waals surface area contributed by atoms with E-state index in [-0.39, 0.29) is 21.9 Å². The number of aryl methyl sites for hydroxylation is 1. The molecule has 30 heavy (non-hydrogen) atoms. The van der Waals surface area contributed by atoms with E-state index in [1.807, 2.05) is 31.2 Å². The Bertz CT molecular complexity index is 910. The summed E-state index contributed by atoms with van der Waals surface area (Å²) < 4.78 is 11.1. The summed E-state index contributed by atoms with van der Waals surface area (Å²) in [5.74, 6) is -0.00599. The zero-order chi connectivity index (χ0) is 21.8. The van der Waals surface area contributed by atoms with Crippen LogP contribution in [0.2, 0.25) is 0 Å². The number of ether oxygens (including phenoxy) is 2. The molecule has 1 saturated heterocycles. The first-order valence-corrected chi connectivity index (χ1v) is 9.81. The van der Waals surface area contributed by atoms with Crippen LogP contribution in [-0.2, 0) is 4.74 Å². The number of benzene rings is 2. The Balaban J connectivity index is 1.84. The molecule has 7 nitrogen and oxygen atoms in total. The van der Waals surface area contributed by atoms with E-state index < -0.39 is 37.3 Å². The van der Waals surface area contributed by atoms with E-state index >= 15 is 0 Å². The fraction of sp³-hybridized carbons (Fsp3) is 0.318. The highest BCUT2D eigenvalue weighted by atomic mass is 32.1. The van der Waals surface area contributed by atoms with Crippen LogP contribution in [0, 0.1) is 6.92 Å². The van der Waals surface area contributed by atoms with Crippen LogP contribution < -0.4 is 4.74 Å². The fourth-order valence-electron chi connectivity index (χ4n) is 3.09. The number of hydrogen-bond donors (Lipinski definition) is 5. The van der Waals surface area contributed by atoms with Gasteiger partial charge < -0.3 is 35.0 Å². The van der Waals surface area contributed by atoms with Crippen LogP contribution in [0.3, 0.4) is 0 Å². The van der Waals surface area contributed by atoms with Crippen molar-refractivity contribution >= 4 is 23.2 Å². The zero-order valence-electron chi connectivity index (χ0n) is 16.3. The summed E-state index contributed by atoms with van der Waals surface area (Å²) in [4.78, 5) is 0.285. The van der Waals surface area contributed by atoms with Gasteiger partial charge in [0.1, 0.15) is 35.9 Å². The molecule has 0 spiro atoms. The minimum absolute atomic E-state index is 0.123. The standard InChI is InChI=1S/C22H24O7S/c1-12-5-7-13(8-6-12)9-10-17(30)18-14(24)3-2-4-15(18)28-22-21(27)20(26)19(25)16(11-23)29-22/h2-10,16,19-27H,11H2,1H3/t16-,19-,20+,21-,22-/m1/s1. The summed E-state index contributed by atoms with van der Waals surface area (Å²) >= 11 is 5.45. The predicted octanol–water partition coefficient (Wildman–Crippen LogP) is 1.31. The van der Waals surface area contributed by atoms with E-state index in [4.69, 9.17) is 21.7 Å². The van der Waals surface area contributed by atoms with Gasteiger partial charge in [-0.2, -0.15) is 0 Å². The van der Waals surface area contributed by atoms with Gasteiger partial charge in [0.2, 0.25) is 6.29 Å². The Morgan fingerprint density at radius 3 is 2.43 bits per heavy atom. The second kappa shape index (κ2) is 9.65. The number of rotatable bonds is 6. The van der Waals surface area contributed by atoms with Crippen molar-refractivity contribution in [2.45, 2.75) is 37.6 Å². The largest absolute Gasteiger partial charge is 0.507 e. The van der Waals surface area contributed by atoms with Gasteiger partial charge in [-0.3, -0.25) is 0 Å². The number of aliphatic hydroxyl groups excluding tert-OH is 4. The van der Waals surface area contributed by atoms with Gasteiger partial charge in [0.25, 0.3) is 0 Å². The monoisotopic (exact) mass is 432 g/mol. The summed E-state index contributed by atoms with van der Waals surface area (Å²) in [6.45, 7) is 1.41. The number of aliphatic hydroxyl groups is 4. The summed E-state index contributed by atoms with van der Waals surface area (Å²) in [5, 5.41) is 49.7. The molecule has 1 fully saturated rings. The van der Waals surface area contributed by atoms with Crippen LogP contribution >= 0.6 is 12.2 Å². The van der Waals surface area contributed by atoms with Crippen LogP contribution in [0.15, 0.2) is 48.5 Å². The lowest BCUT2D eigenvalue weighted by Gasteiger charge is -2.39. The average molecular weight is 432 g/mol. The van der Waals surface area contributed by atoms with Gasteiger partial charge in [0.15, 0.2) is 0 Å². The Kier molecular flexibility index (Phi) is 7.19. The van der Waals surface area contributed by atoms with Gasteiger partial charge >= 0.3 is 0 Å². The maximum Gasteiger partial charge on any atom is 0.229 e. The van der Waals surface area contributed by atoms with E-state index in [9.17, 15) is 25.5 Å². The minimum atomic E-state index is -1.57. The van der Waals surface area contributed by atoms with Crippen molar-refractivity contribution in [2.75, 3.05) is 6.61 Å². The molecular formula is C22H24O7S. The average Bonchev–Trinajstić information content (AvgIpc) is 2.73. The highest BCUT2D eigenvalue weighted by Crippen LogP contribution is 2.32. The van der Waals surface area contributed by atoms with E-state index in [0.717, 1.165) is 11.1 Å². The normalized spacial score (nSPS) is 26.6. The summed E-state index contributed by atoms with van der Waals surface area (Å²) in [6, 6.07) is 12.3. The van der Waals surface area contributed by atoms with Crippen LogP contribution in [-0.4, -0.2) is 67.7 Å². The third-order valence-electron chi connectivity index (χ3n) is 4.85. The van der Waals surface area contributed by atoms with Crippen molar-refractivity contribution in [3.63, 3.8) is 0 Å².